The quantitative estimate of drug-likeness (QED) is 0.257. The molecule has 1 aliphatic rings. The first-order valence-electron chi connectivity index (χ1n) is 11.2. The van der Waals surface area contributed by atoms with Crippen molar-refractivity contribution in [1.82, 2.24) is 35.6 Å². The normalized spacial score (nSPS) is 23.3. The zero-order chi connectivity index (χ0) is 27.7. The monoisotopic (exact) mass is 603 g/mol. The fourth-order valence-corrected chi connectivity index (χ4v) is 5.53. The third-order valence-corrected chi connectivity index (χ3v) is 7.73. The van der Waals surface area contributed by atoms with Crippen LogP contribution in [0.1, 0.15) is 11.9 Å². The highest BCUT2D eigenvalue weighted by Crippen LogP contribution is 2.41. The summed E-state index contributed by atoms with van der Waals surface area (Å²) in [5.74, 6) is -4.20. The van der Waals surface area contributed by atoms with Crippen molar-refractivity contribution >= 4 is 35.0 Å². The number of aromatic nitrogens is 7. The minimum Gasteiger partial charge on any atom is -0.394 e. The second kappa shape index (κ2) is 11.8. The van der Waals surface area contributed by atoms with Crippen LogP contribution in [0.4, 0.5) is 13.2 Å². The van der Waals surface area contributed by atoms with Crippen LogP contribution in [-0.4, -0.2) is 76.2 Å². The number of hydrogen-bond acceptors (Lipinski definition) is 10. The van der Waals surface area contributed by atoms with Crippen molar-refractivity contribution in [2.75, 3.05) is 6.61 Å². The minimum atomic E-state index is -1.62. The lowest BCUT2D eigenvalue weighted by atomic mass is 9.97. The van der Waals surface area contributed by atoms with Crippen molar-refractivity contribution in [3.8, 4) is 11.3 Å². The zero-order valence-corrected chi connectivity index (χ0v) is 21.8. The second-order valence-electron chi connectivity index (χ2n) is 8.34. The molecule has 0 saturated carbocycles. The van der Waals surface area contributed by atoms with Gasteiger partial charge in [0.25, 0.3) is 0 Å². The van der Waals surface area contributed by atoms with Crippen LogP contribution in [0.2, 0.25) is 10.0 Å². The van der Waals surface area contributed by atoms with Crippen molar-refractivity contribution < 1.29 is 32.9 Å². The molecule has 2 aromatic heterocycles. The molecule has 0 radical (unpaired) electrons. The molecule has 0 aliphatic carbocycles. The summed E-state index contributed by atoms with van der Waals surface area (Å²) >= 11 is 13.4. The van der Waals surface area contributed by atoms with Gasteiger partial charge in [0.05, 0.1) is 22.8 Å². The van der Waals surface area contributed by atoms with Gasteiger partial charge in [0.1, 0.15) is 42.1 Å². The fourth-order valence-electron chi connectivity index (χ4n) is 3.99. The predicted octanol–water partition coefficient (Wildman–Crippen LogP) is 3.18. The van der Waals surface area contributed by atoms with E-state index in [0.29, 0.717) is 14.9 Å². The molecule has 5 rings (SSSR count). The molecule has 11 nitrogen and oxygen atoms in total. The number of ether oxygens (including phenoxy) is 2. The van der Waals surface area contributed by atoms with Gasteiger partial charge >= 0.3 is 0 Å². The Kier molecular flexibility index (Phi) is 8.37. The second-order valence-corrected chi connectivity index (χ2v) is 10.3. The molecule has 39 heavy (non-hydrogen) atoms. The van der Waals surface area contributed by atoms with Gasteiger partial charge in [-0.05, 0) is 30.3 Å². The lowest BCUT2D eigenvalue weighted by Crippen LogP contribution is -2.55. The summed E-state index contributed by atoms with van der Waals surface area (Å²) in [5, 5.41) is 43.2. The molecular weight excluding hydrogens is 586 g/mol. The highest BCUT2D eigenvalue weighted by Gasteiger charge is 2.48. The first kappa shape index (κ1) is 27.8. The molecule has 3 N–H and O–H groups in total. The van der Waals surface area contributed by atoms with E-state index in [-0.39, 0.29) is 23.7 Å². The van der Waals surface area contributed by atoms with Gasteiger partial charge in [-0.1, -0.05) is 45.4 Å². The summed E-state index contributed by atoms with van der Waals surface area (Å²) in [5.41, 5.74) is -0.936. The third kappa shape index (κ3) is 5.89. The van der Waals surface area contributed by atoms with Gasteiger partial charge in [-0.3, -0.25) is 0 Å². The van der Waals surface area contributed by atoms with E-state index in [9.17, 15) is 23.4 Å². The molecule has 206 valence electrons. The Balaban J connectivity index is 1.51. The van der Waals surface area contributed by atoms with E-state index in [2.05, 4.69) is 30.9 Å². The van der Waals surface area contributed by atoms with Gasteiger partial charge in [-0.25, -0.2) is 17.9 Å². The van der Waals surface area contributed by atoms with Gasteiger partial charge in [0.15, 0.2) is 23.3 Å². The van der Waals surface area contributed by atoms with E-state index in [0.717, 1.165) is 12.1 Å². The van der Waals surface area contributed by atoms with E-state index in [1.54, 1.807) is 18.2 Å². The molecular formula is C22H18Cl2F3N7O4S. The van der Waals surface area contributed by atoms with Crippen LogP contribution < -0.4 is 0 Å². The number of halogens is 5. The van der Waals surface area contributed by atoms with Crippen LogP contribution in [0.3, 0.4) is 0 Å². The summed E-state index contributed by atoms with van der Waals surface area (Å²) in [6.45, 7) is -0.699. The maximum atomic E-state index is 13.8. The fraction of sp³-hybridized carbons (Fsp3) is 0.318. The van der Waals surface area contributed by atoms with Crippen molar-refractivity contribution in [3.05, 3.63) is 69.9 Å². The molecule has 1 saturated heterocycles. The predicted molar refractivity (Wildman–Crippen MR) is 131 cm³/mol. The van der Waals surface area contributed by atoms with E-state index in [1.807, 2.05) is 0 Å². The third-order valence-electron chi connectivity index (χ3n) is 5.86. The van der Waals surface area contributed by atoms with E-state index < -0.39 is 53.8 Å². The topological polar surface area (TPSA) is 144 Å². The number of thioether (sulfide) groups is 1. The van der Waals surface area contributed by atoms with Gasteiger partial charge in [-0.2, -0.15) is 5.21 Å². The molecule has 2 aromatic carbocycles. The Morgan fingerprint density at radius 1 is 1.10 bits per heavy atom. The highest BCUT2D eigenvalue weighted by atomic mass is 35.5. The average Bonchev–Trinajstić information content (AvgIpc) is 3.61. The molecule has 0 amide bonds. The lowest BCUT2D eigenvalue weighted by Gasteiger charge is -2.43. The maximum absolute atomic E-state index is 13.8. The highest BCUT2D eigenvalue weighted by molar-refractivity contribution is 7.99. The molecule has 1 aliphatic heterocycles. The smallest absolute Gasteiger partial charge is 0.200 e. The van der Waals surface area contributed by atoms with E-state index in [4.69, 9.17) is 32.7 Å². The molecule has 1 fully saturated rings. The van der Waals surface area contributed by atoms with Crippen LogP contribution >= 0.6 is 35.0 Å². The number of nitrogens with zero attached hydrogens (tertiary/aromatic N) is 6. The number of H-pyrrole nitrogens is 1. The summed E-state index contributed by atoms with van der Waals surface area (Å²) in [6.07, 6.45) is -2.11. The number of tetrazole rings is 1. The van der Waals surface area contributed by atoms with Crippen molar-refractivity contribution in [1.29, 1.82) is 0 Å². The number of nitrogens with one attached hydrogen (secondary N) is 1. The molecule has 4 aromatic rings. The molecule has 5 atom stereocenters. The molecule has 3 heterocycles. The van der Waals surface area contributed by atoms with Gasteiger partial charge in [0, 0.05) is 10.5 Å². The summed E-state index contributed by atoms with van der Waals surface area (Å²) in [7, 11) is 0. The van der Waals surface area contributed by atoms with Crippen molar-refractivity contribution in [2.24, 2.45) is 0 Å². The zero-order valence-electron chi connectivity index (χ0n) is 19.5. The average molecular weight is 604 g/mol. The summed E-state index contributed by atoms with van der Waals surface area (Å²) in [4.78, 5) is 0.644. The number of aliphatic hydroxyl groups is 2. The number of hydrogen-bond donors (Lipinski definition) is 3. The van der Waals surface area contributed by atoms with Gasteiger partial charge in [0.2, 0.25) is 0 Å². The lowest BCUT2D eigenvalue weighted by molar-refractivity contribution is -0.196. The summed E-state index contributed by atoms with van der Waals surface area (Å²) < 4.78 is 54.4. The molecule has 0 bridgehead atoms. The standard InChI is InChI=1S/C22H18Cl2F3N7O4S/c23-11-2-1-10(5-12(11)24)39-22-21(37-8-17-29-31-32-30-17)19(20(36)16(7-35)38-22)34-6-15(28-33-34)9-3-13(25)18(27)14(26)4-9/h1-6,16,19-22,35-36H,7-8H2,(H,29,30,31,32)/t16-,19+,20+,21-,22-/m1/s1. The maximum Gasteiger partial charge on any atom is 0.200 e. The Hall–Kier alpha value is -2.79. The number of aromatic amines is 1. The van der Waals surface area contributed by atoms with Crippen LogP contribution in [0.5, 0.6) is 0 Å². The number of benzene rings is 2. The number of rotatable bonds is 8. The molecule has 17 heteroatoms. The van der Waals surface area contributed by atoms with Gasteiger partial charge in [-0.15, -0.1) is 15.3 Å². The Labute approximate surface area is 232 Å². The van der Waals surface area contributed by atoms with E-state index in [1.165, 1.54) is 22.6 Å². The van der Waals surface area contributed by atoms with E-state index >= 15 is 0 Å². The summed E-state index contributed by atoms with van der Waals surface area (Å²) in [6, 6.07) is 5.45. The Morgan fingerprint density at radius 2 is 1.87 bits per heavy atom. The minimum absolute atomic E-state index is 0.00218. The molecule has 0 unspecified atom stereocenters. The first-order valence-corrected chi connectivity index (χ1v) is 12.9. The Morgan fingerprint density at radius 3 is 2.54 bits per heavy atom. The van der Waals surface area contributed by atoms with Crippen LogP contribution in [0.15, 0.2) is 41.4 Å². The van der Waals surface area contributed by atoms with Gasteiger partial charge < -0.3 is 19.7 Å². The number of aliphatic hydroxyl groups excluding tert-OH is 2. The van der Waals surface area contributed by atoms with Crippen molar-refractivity contribution in [2.45, 2.75) is 41.3 Å². The largest absolute Gasteiger partial charge is 0.394 e. The van der Waals surface area contributed by atoms with Crippen molar-refractivity contribution in [3.63, 3.8) is 0 Å². The molecule has 0 spiro atoms. The van der Waals surface area contributed by atoms with Crippen LogP contribution in [-0.2, 0) is 16.1 Å². The van der Waals surface area contributed by atoms with Crippen LogP contribution in [0.25, 0.3) is 11.3 Å². The Bertz CT molecular complexity index is 1430. The van der Waals surface area contributed by atoms with Crippen LogP contribution in [0, 0.1) is 17.5 Å². The SMILES string of the molecule is OC[C@H]1O[C@H](Sc2ccc(Cl)c(Cl)c2)[C@H](OCc2nn[nH]n2)[C@@H](n2cc(-c3cc(F)c(F)c(F)c3)nn2)[C@H]1O. The first-order chi connectivity index (χ1) is 18.7.